The van der Waals surface area contributed by atoms with Crippen molar-refractivity contribution >= 4 is 28.5 Å². The van der Waals surface area contributed by atoms with E-state index in [1.807, 2.05) is 0 Å². The maximum atomic E-state index is 14.4. The second-order valence-corrected chi connectivity index (χ2v) is 5.94. The van der Waals surface area contributed by atoms with Crippen molar-refractivity contribution in [2.45, 2.75) is 13.8 Å². The molecule has 25 heavy (non-hydrogen) atoms. The zero-order valence-corrected chi connectivity index (χ0v) is 14.3. The van der Waals surface area contributed by atoms with E-state index in [0.717, 1.165) is 12.1 Å². The highest BCUT2D eigenvalue weighted by Crippen LogP contribution is 2.34. The maximum Gasteiger partial charge on any atom is 0.338 e. The first-order chi connectivity index (χ1) is 11.9. The van der Waals surface area contributed by atoms with Crippen LogP contribution in [-0.4, -0.2) is 17.6 Å². The standard InChI is InChI=1S/C19H14ClF2NO2/c1-3-25-19(24)11-4-5-17-13(7-11)14(6-10(2)23-17)18-15(21)8-12(20)9-16(18)22/h4-9H,3H2,1-2H3. The Morgan fingerprint density at radius 2 is 1.84 bits per heavy atom. The Labute approximate surface area is 148 Å². The Morgan fingerprint density at radius 3 is 2.48 bits per heavy atom. The monoisotopic (exact) mass is 361 g/mol. The summed E-state index contributed by atoms with van der Waals surface area (Å²) in [5.41, 5.74) is 1.51. The van der Waals surface area contributed by atoms with Crippen LogP contribution in [0.25, 0.3) is 22.0 Å². The van der Waals surface area contributed by atoms with Crippen molar-refractivity contribution in [3.05, 3.63) is 64.3 Å². The summed E-state index contributed by atoms with van der Waals surface area (Å²) >= 11 is 5.71. The molecule has 128 valence electrons. The number of hydrogen-bond donors (Lipinski definition) is 0. The summed E-state index contributed by atoms with van der Waals surface area (Å²) < 4.78 is 33.8. The van der Waals surface area contributed by atoms with Gasteiger partial charge in [-0.1, -0.05) is 11.6 Å². The van der Waals surface area contributed by atoms with Crippen LogP contribution in [-0.2, 0) is 4.74 Å². The molecule has 0 spiro atoms. The van der Waals surface area contributed by atoms with Gasteiger partial charge in [-0.05, 0) is 55.8 Å². The minimum absolute atomic E-state index is 0.0268. The topological polar surface area (TPSA) is 39.2 Å². The van der Waals surface area contributed by atoms with Crippen LogP contribution in [0, 0.1) is 18.6 Å². The SMILES string of the molecule is CCOC(=O)c1ccc2nc(C)cc(-c3c(F)cc(Cl)cc3F)c2c1. The number of carbonyl (C=O) groups is 1. The van der Waals surface area contributed by atoms with Crippen LogP contribution in [0.5, 0.6) is 0 Å². The van der Waals surface area contributed by atoms with Crippen LogP contribution in [0.4, 0.5) is 8.78 Å². The summed E-state index contributed by atoms with van der Waals surface area (Å²) in [5, 5.41) is 0.428. The smallest absolute Gasteiger partial charge is 0.338 e. The Hall–Kier alpha value is -2.53. The molecule has 0 saturated carbocycles. The van der Waals surface area contributed by atoms with Gasteiger partial charge >= 0.3 is 5.97 Å². The highest BCUT2D eigenvalue weighted by molar-refractivity contribution is 6.30. The molecule has 3 nitrogen and oxygen atoms in total. The van der Waals surface area contributed by atoms with E-state index in [4.69, 9.17) is 16.3 Å². The molecule has 0 amide bonds. The van der Waals surface area contributed by atoms with E-state index < -0.39 is 17.6 Å². The van der Waals surface area contributed by atoms with Gasteiger partial charge in [-0.2, -0.15) is 0 Å². The van der Waals surface area contributed by atoms with Crippen molar-refractivity contribution in [1.82, 2.24) is 4.98 Å². The number of carbonyl (C=O) groups excluding carboxylic acids is 1. The number of esters is 1. The molecule has 1 aromatic heterocycles. The number of halogens is 3. The third-order valence-corrected chi connectivity index (χ3v) is 3.94. The van der Waals surface area contributed by atoms with Crippen LogP contribution in [0.15, 0.2) is 36.4 Å². The summed E-state index contributed by atoms with van der Waals surface area (Å²) in [6.45, 7) is 3.66. The first kappa shape index (κ1) is 17.3. The second-order valence-electron chi connectivity index (χ2n) is 5.51. The number of pyridine rings is 1. The number of aromatic nitrogens is 1. The van der Waals surface area contributed by atoms with Gasteiger partial charge in [0.05, 0.1) is 23.3 Å². The first-order valence-electron chi connectivity index (χ1n) is 7.64. The third kappa shape index (κ3) is 3.33. The Kier molecular flexibility index (Phi) is 4.68. The lowest BCUT2D eigenvalue weighted by atomic mass is 9.98. The Bertz CT molecular complexity index is 966. The molecule has 6 heteroatoms. The van der Waals surface area contributed by atoms with Crippen LogP contribution < -0.4 is 0 Å². The number of fused-ring (bicyclic) bond motifs is 1. The zero-order chi connectivity index (χ0) is 18.1. The highest BCUT2D eigenvalue weighted by Gasteiger charge is 2.18. The largest absolute Gasteiger partial charge is 0.462 e. The number of rotatable bonds is 3. The average molecular weight is 362 g/mol. The summed E-state index contributed by atoms with van der Waals surface area (Å²) in [5.74, 6) is -2.06. The normalized spacial score (nSPS) is 10.9. The van der Waals surface area contributed by atoms with Crippen LogP contribution in [0.1, 0.15) is 23.0 Å². The predicted octanol–water partition coefficient (Wildman–Crippen LogP) is 5.32. The minimum atomic E-state index is -0.779. The van der Waals surface area contributed by atoms with E-state index in [1.54, 1.807) is 32.0 Å². The van der Waals surface area contributed by atoms with Gasteiger partial charge in [0, 0.05) is 16.1 Å². The van der Waals surface area contributed by atoms with E-state index in [1.165, 1.54) is 6.07 Å². The van der Waals surface area contributed by atoms with Gasteiger partial charge in [0.25, 0.3) is 0 Å². The molecule has 0 bridgehead atoms. The van der Waals surface area contributed by atoms with Gasteiger partial charge < -0.3 is 4.74 Å². The van der Waals surface area contributed by atoms with Crippen LogP contribution in [0.3, 0.4) is 0 Å². The molecule has 0 aliphatic heterocycles. The van der Waals surface area contributed by atoms with Gasteiger partial charge in [-0.3, -0.25) is 4.98 Å². The lowest BCUT2D eigenvalue weighted by Gasteiger charge is -2.12. The molecular formula is C19H14ClF2NO2. The lowest BCUT2D eigenvalue weighted by molar-refractivity contribution is 0.0526. The van der Waals surface area contributed by atoms with Gasteiger partial charge in [0.2, 0.25) is 0 Å². The van der Waals surface area contributed by atoms with Gasteiger partial charge in [0.1, 0.15) is 11.6 Å². The van der Waals surface area contributed by atoms with Gasteiger partial charge in [0.15, 0.2) is 0 Å². The summed E-state index contributed by atoms with van der Waals surface area (Å²) in [6, 6.07) is 8.41. The molecule has 0 atom stereocenters. The molecule has 3 rings (SSSR count). The quantitative estimate of drug-likeness (QED) is 0.593. The number of ether oxygens (including phenoxy) is 1. The van der Waals surface area contributed by atoms with E-state index in [0.29, 0.717) is 22.2 Å². The van der Waals surface area contributed by atoms with E-state index >= 15 is 0 Å². The molecule has 0 unspecified atom stereocenters. The van der Waals surface area contributed by atoms with Crippen molar-refractivity contribution in [2.24, 2.45) is 0 Å². The molecule has 0 N–H and O–H groups in total. The highest BCUT2D eigenvalue weighted by atomic mass is 35.5. The molecule has 1 heterocycles. The molecule has 2 aromatic carbocycles. The fourth-order valence-electron chi connectivity index (χ4n) is 2.71. The first-order valence-corrected chi connectivity index (χ1v) is 8.02. The molecule has 0 radical (unpaired) electrons. The van der Waals surface area contributed by atoms with Crippen molar-refractivity contribution in [3.63, 3.8) is 0 Å². The summed E-state index contributed by atoms with van der Waals surface area (Å²) in [4.78, 5) is 16.3. The van der Waals surface area contributed by atoms with Crippen molar-refractivity contribution in [3.8, 4) is 11.1 Å². The number of benzene rings is 2. The van der Waals surface area contributed by atoms with Gasteiger partial charge in [-0.25, -0.2) is 13.6 Å². The third-order valence-electron chi connectivity index (χ3n) is 3.72. The fraction of sp³-hybridized carbons (Fsp3) is 0.158. The predicted molar refractivity (Wildman–Crippen MR) is 92.8 cm³/mol. The van der Waals surface area contributed by atoms with Crippen LogP contribution in [0.2, 0.25) is 5.02 Å². The number of hydrogen-bond acceptors (Lipinski definition) is 3. The second kappa shape index (κ2) is 6.76. The van der Waals surface area contributed by atoms with Gasteiger partial charge in [-0.15, -0.1) is 0 Å². The zero-order valence-electron chi connectivity index (χ0n) is 13.6. The molecule has 0 fully saturated rings. The molecule has 3 aromatic rings. The van der Waals surface area contributed by atoms with Crippen molar-refractivity contribution in [1.29, 1.82) is 0 Å². The summed E-state index contributed by atoms with van der Waals surface area (Å²) in [7, 11) is 0. The molecular weight excluding hydrogens is 348 g/mol. The lowest BCUT2D eigenvalue weighted by Crippen LogP contribution is -2.05. The summed E-state index contributed by atoms with van der Waals surface area (Å²) in [6.07, 6.45) is 0. The van der Waals surface area contributed by atoms with E-state index in [2.05, 4.69) is 4.98 Å². The van der Waals surface area contributed by atoms with Crippen molar-refractivity contribution in [2.75, 3.05) is 6.61 Å². The van der Waals surface area contributed by atoms with Crippen molar-refractivity contribution < 1.29 is 18.3 Å². The number of aryl methyl sites for hydroxylation is 1. The Balaban J connectivity index is 2.30. The maximum absolute atomic E-state index is 14.4. The number of nitrogens with zero attached hydrogens (tertiary/aromatic N) is 1. The Morgan fingerprint density at radius 1 is 1.16 bits per heavy atom. The fourth-order valence-corrected chi connectivity index (χ4v) is 2.90. The average Bonchev–Trinajstić information content (AvgIpc) is 2.53. The van der Waals surface area contributed by atoms with E-state index in [9.17, 15) is 13.6 Å². The molecule has 0 saturated heterocycles. The van der Waals surface area contributed by atoms with E-state index in [-0.39, 0.29) is 22.8 Å². The molecule has 0 aliphatic carbocycles. The molecule has 0 aliphatic rings. The minimum Gasteiger partial charge on any atom is -0.462 e. The van der Waals surface area contributed by atoms with Crippen LogP contribution >= 0.6 is 11.6 Å².